The summed E-state index contributed by atoms with van der Waals surface area (Å²) in [5.41, 5.74) is 9.02. The van der Waals surface area contributed by atoms with Gasteiger partial charge in [0.1, 0.15) is 6.04 Å². The van der Waals surface area contributed by atoms with Gasteiger partial charge in [0.15, 0.2) is 0 Å². The Morgan fingerprint density at radius 3 is 2.42 bits per heavy atom. The normalized spacial score (nSPS) is 11.9. The van der Waals surface area contributed by atoms with Crippen LogP contribution in [-0.2, 0) is 11.3 Å². The van der Waals surface area contributed by atoms with Crippen LogP contribution in [0.5, 0.6) is 0 Å². The molecule has 0 aliphatic heterocycles. The van der Waals surface area contributed by atoms with Gasteiger partial charge in [0, 0.05) is 6.54 Å². The second kappa shape index (κ2) is 6.16. The maximum Gasteiger partial charge on any atom is 0.241 e. The predicted molar refractivity (Wildman–Crippen MR) is 76.4 cm³/mol. The van der Waals surface area contributed by atoms with Crippen molar-refractivity contribution in [3.05, 3.63) is 71.3 Å². The molecule has 0 spiro atoms. The summed E-state index contributed by atoms with van der Waals surface area (Å²) in [5, 5.41) is 2.87. The minimum atomic E-state index is -0.620. The fraction of sp³-hybridized carbons (Fsp3) is 0.188. The van der Waals surface area contributed by atoms with E-state index in [1.807, 2.05) is 61.5 Å². The van der Waals surface area contributed by atoms with Crippen LogP contribution in [0, 0.1) is 6.92 Å². The van der Waals surface area contributed by atoms with Gasteiger partial charge in [-0.1, -0.05) is 54.6 Å². The van der Waals surface area contributed by atoms with Gasteiger partial charge in [0.2, 0.25) is 5.91 Å². The van der Waals surface area contributed by atoms with E-state index in [1.54, 1.807) is 0 Å². The number of carbonyl (C=O) groups is 1. The third kappa shape index (κ3) is 3.42. The third-order valence-corrected chi connectivity index (χ3v) is 3.16. The Hall–Kier alpha value is -2.13. The summed E-state index contributed by atoms with van der Waals surface area (Å²) in [6, 6.07) is 16.7. The summed E-state index contributed by atoms with van der Waals surface area (Å²) in [7, 11) is 0. The largest absolute Gasteiger partial charge is 0.350 e. The molecule has 3 N–H and O–H groups in total. The molecule has 0 radical (unpaired) electrons. The maximum atomic E-state index is 12.0. The van der Waals surface area contributed by atoms with Crippen molar-refractivity contribution >= 4 is 5.91 Å². The lowest BCUT2D eigenvalue weighted by molar-refractivity contribution is -0.122. The molecule has 0 bridgehead atoms. The molecule has 2 rings (SSSR count). The Morgan fingerprint density at radius 1 is 1.11 bits per heavy atom. The van der Waals surface area contributed by atoms with E-state index < -0.39 is 6.04 Å². The van der Waals surface area contributed by atoms with Crippen molar-refractivity contribution in [1.82, 2.24) is 5.32 Å². The van der Waals surface area contributed by atoms with Crippen molar-refractivity contribution in [1.29, 1.82) is 0 Å². The van der Waals surface area contributed by atoms with Gasteiger partial charge in [-0.05, 0) is 23.6 Å². The lowest BCUT2D eigenvalue weighted by Crippen LogP contribution is -2.33. The van der Waals surface area contributed by atoms with Crippen molar-refractivity contribution in [3.63, 3.8) is 0 Å². The molecular formula is C16H18N2O. The van der Waals surface area contributed by atoms with E-state index in [4.69, 9.17) is 5.73 Å². The highest BCUT2D eigenvalue weighted by Gasteiger charge is 2.14. The number of hydrogen-bond acceptors (Lipinski definition) is 2. The Bertz CT molecular complexity index is 552. The SMILES string of the molecule is Cc1ccccc1CNC(=O)[C@H](N)c1ccccc1. The van der Waals surface area contributed by atoms with Gasteiger partial charge in [-0.15, -0.1) is 0 Å². The zero-order valence-electron chi connectivity index (χ0n) is 11.0. The Balaban J connectivity index is 1.97. The molecule has 0 aliphatic rings. The molecule has 0 fully saturated rings. The van der Waals surface area contributed by atoms with Crippen molar-refractivity contribution in [3.8, 4) is 0 Å². The van der Waals surface area contributed by atoms with E-state index in [9.17, 15) is 4.79 Å². The summed E-state index contributed by atoms with van der Waals surface area (Å²) in [5.74, 6) is -0.158. The van der Waals surface area contributed by atoms with Crippen molar-refractivity contribution < 1.29 is 4.79 Å². The summed E-state index contributed by atoms with van der Waals surface area (Å²) in [6.07, 6.45) is 0. The van der Waals surface area contributed by atoms with Crippen LogP contribution in [0.25, 0.3) is 0 Å². The Kier molecular flexibility index (Phi) is 4.31. The van der Waals surface area contributed by atoms with Gasteiger partial charge in [-0.2, -0.15) is 0 Å². The first-order chi connectivity index (χ1) is 9.18. The van der Waals surface area contributed by atoms with E-state index >= 15 is 0 Å². The van der Waals surface area contributed by atoms with Crippen LogP contribution in [-0.4, -0.2) is 5.91 Å². The molecule has 3 heteroatoms. The van der Waals surface area contributed by atoms with Gasteiger partial charge >= 0.3 is 0 Å². The van der Waals surface area contributed by atoms with Crippen LogP contribution in [0.3, 0.4) is 0 Å². The first-order valence-corrected chi connectivity index (χ1v) is 6.31. The second-order valence-electron chi connectivity index (χ2n) is 4.53. The lowest BCUT2D eigenvalue weighted by Gasteiger charge is -2.13. The average molecular weight is 254 g/mol. The van der Waals surface area contributed by atoms with Crippen LogP contribution in [0.4, 0.5) is 0 Å². The molecule has 0 aromatic heterocycles. The van der Waals surface area contributed by atoms with Gasteiger partial charge < -0.3 is 11.1 Å². The van der Waals surface area contributed by atoms with Crippen LogP contribution < -0.4 is 11.1 Å². The van der Waals surface area contributed by atoms with Crippen LogP contribution >= 0.6 is 0 Å². The molecule has 1 atom stereocenters. The number of carbonyl (C=O) groups excluding carboxylic acids is 1. The fourth-order valence-electron chi connectivity index (χ4n) is 1.91. The van der Waals surface area contributed by atoms with E-state index in [1.165, 1.54) is 0 Å². The van der Waals surface area contributed by atoms with Crippen LogP contribution in [0.1, 0.15) is 22.7 Å². The number of benzene rings is 2. The van der Waals surface area contributed by atoms with E-state index in [2.05, 4.69) is 5.32 Å². The third-order valence-electron chi connectivity index (χ3n) is 3.16. The van der Waals surface area contributed by atoms with Crippen molar-refractivity contribution in [2.45, 2.75) is 19.5 Å². The van der Waals surface area contributed by atoms with Crippen LogP contribution in [0.15, 0.2) is 54.6 Å². The summed E-state index contributed by atoms with van der Waals surface area (Å²) in [6.45, 7) is 2.53. The molecule has 1 amide bonds. The topological polar surface area (TPSA) is 55.1 Å². The van der Waals surface area contributed by atoms with E-state index in [0.29, 0.717) is 6.54 Å². The molecule has 19 heavy (non-hydrogen) atoms. The van der Waals surface area contributed by atoms with Crippen LogP contribution in [0.2, 0.25) is 0 Å². The Morgan fingerprint density at radius 2 is 1.74 bits per heavy atom. The van der Waals surface area contributed by atoms with E-state index in [0.717, 1.165) is 16.7 Å². The monoisotopic (exact) mass is 254 g/mol. The number of amides is 1. The summed E-state index contributed by atoms with van der Waals surface area (Å²) < 4.78 is 0. The molecule has 2 aromatic rings. The zero-order valence-corrected chi connectivity index (χ0v) is 11.0. The second-order valence-corrected chi connectivity index (χ2v) is 4.53. The Labute approximate surface area is 113 Å². The zero-order chi connectivity index (χ0) is 13.7. The fourth-order valence-corrected chi connectivity index (χ4v) is 1.91. The quantitative estimate of drug-likeness (QED) is 0.879. The van der Waals surface area contributed by atoms with Crippen molar-refractivity contribution in [2.75, 3.05) is 0 Å². The number of nitrogens with two attached hydrogens (primary N) is 1. The van der Waals surface area contributed by atoms with Crippen molar-refractivity contribution in [2.24, 2.45) is 5.73 Å². The van der Waals surface area contributed by atoms with Gasteiger partial charge in [0.25, 0.3) is 0 Å². The summed E-state index contributed by atoms with van der Waals surface area (Å²) in [4.78, 5) is 12.0. The molecule has 0 heterocycles. The molecule has 2 aromatic carbocycles. The molecule has 0 unspecified atom stereocenters. The smallest absolute Gasteiger partial charge is 0.241 e. The molecule has 0 saturated carbocycles. The first kappa shape index (κ1) is 13.3. The minimum absolute atomic E-state index is 0.158. The molecule has 0 aliphatic carbocycles. The highest BCUT2D eigenvalue weighted by Crippen LogP contribution is 2.11. The summed E-state index contributed by atoms with van der Waals surface area (Å²) >= 11 is 0. The highest BCUT2D eigenvalue weighted by molar-refractivity contribution is 5.82. The average Bonchev–Trinajstić information content (AvgIpc) is 2.46. The highest BCUT2D eigenvalue weighted by atomic mass is 16.2. The number of nitrogens with one attached hydrogen (secondary N) is 1. The van der Waals surface area contributed by atoms with Gasteiger partial charge in [-0.25, -0.2) is 0 Å². The number of hydrogen-bond donors (Lipinski definition) is 2. The molecule has 3 nitrogen and oxygen atoms in total. The van der Waals surface area contributed by atoms with E-state index in [-0.39, 0.29) is 5.91 Å². The maximum absolute atomic E-state index is 12.0. The lowest BCUT2D eigenvalue weighted by atomic mass is 10.1. The minimum Gasteiger partial charge on any atom is -0.350 e. The van der Waals surface area contributed by atoms with Gasteiger partial charge in [0.05, 0.1) is 0 Å². The number of aryl methyl sites for hydroxylation is 1. The first-order valence-electron chi connectivity index (χ1n) is 6.31. The van der Waals surface area contributed by atoms with Gasteiger partial charge in [-0.3, -0.25) is 4.79 Å². The molecule has 98 valence electrons. The molecule has 0 saturated heterocycles. The predicted octanol–water partition coefficient (Wildman–Crippen LogP) is 2.31. The molecular weight excluding hydrogens is 236 g/mol. The number of rotatable bonds is 4. The standard InChI is InChI=1S/C16H18N2O/c1-12-7-5-6-10-14(12)11-18-16(19)15(17)13-8-3-2-4-9-13/h2-10,15H,11,17H2,1H3,(H,18,19)/t15-/m1/s1.